The fraction of sp³-hybridized carbons (Fsp3) is 0.471. The van der Waals surface area contributed by atoms with Gasteiger partial charge in [0.25, 0.3) is 5.91 Å². The summed E-state index contributed by atoms with van der Waals surface area (Å²) in [7, 11) is 0. The molecule has 0 spiro atoms. The van der Waals surface area contributed by atoms with E-state index in [-0.39, 0.29) is 23.5 Å². The van der Waals surface area contributed by atoms with Gasteiger partial charge in [0, 0.05) is 10.5 Å². The standard InChI is InChI=1S/C17H20N2O4S/c1-10-15(22)18-12-8-11(4-5-13(12)24-10)16(23)19-17(9-14(20)21)6-2-3-7-17/h4-5,8,10H,2-3,6-7,9H2,1H3,(H,18,22)(H,19,23)(H,20,21). The lowest BCUT2D eigenvalue weighted by atomic mass is 9.92. The van der Waals surface area contributed by atoms with Crippen LogP contribution in [0, 0.1) is 0 Å². The van der Waals surface area contributed by atoms with Gasteiger partial charge >= 0.3 is 5.97 Å². The fourth-order valence-electron chi connectivity index (χ4n) is 3.35. The summed E-state index contributed by atoms with van der Waals surface area (Å²) in [5, 5.41) is 14.7. The highest BCUT2D eigenvalue weighted by atomic mass is 32.2. The highest BCUT2D eigenvalue weighted by Crippen LogP contribution is 2.37. The van der Waals surface area contributed by atoms with Crippen molar-refractivity contribution in [2.24, 2.45) is 0 Å². The molecule has 1 aromatic carbocycles. The molecule has 1 atom stereocenters. The van der Waals surface area contributed by atoms with Gasteiger partial charge in [-0.1, -0.05) is 12.8 Å². The van der Waals surface area contributed by atoms with E-state index in [0.717, 1.165) is 17.7 Å². The molecule has 3 rings (SSSR count). The number of carboxylic acid groups (broad SMARTS) is 1. The molecule has 6 nitrogen and oxygen atoms in total. The lowest BCUT2D eigenvalue weighted by Crippen LogP contribution is -2.47. The van der Waals surface area contributed by atoms with Crippen LogP contribution >= 0.6 is 11.8 Å². The van der Waals surface area contributed by atoms with Crippen molar-refractivity contribution in [3.63, 3.8) is 0 Å². The lowest BCUT2D eigenvalue weighted by molar-refractivity contribution is -0.138. The molecular weight excluding hydrogens is 328 g/mol. The van der Waals surface area contributed by atoms with Gasteiger partial charge < -0.3 is 15.7 Å². The van der Waals surface area contributed by atoms with E-state index in [9.17, 15) is 14.4 Å². The van der Waals surface area contributed by atoms with Gasteiger partial charge in [-0.25, -0.2) is 0 Å². The van der Waals surface area contributed by atoms with Crippen molar-refractivity contribution in [2.45, 2.75) is 54.7 Å². The molecule has 1 unspecified atom stereocenters. The molecule has 1 aliphatic heterocycles. The van der Waals surface area contributed by atoms with Crippen LogP contribution in [0.2, 0.25) is 0 Å². The number of nitrogens with one attached hydrogen (secondary N) is 2. The zero-order valence-corrected chi connectivity index (χ0v) is 14.2. The predicted octanol–water partition coefficient (Wildman–Crippen LogP) is 2.64. The third-order valence-electron chi connectivity index (χ3n) is 4.60. The average Bonchev–Trinajstić information content (AvgIpc) is 2.95. The number of thioether (sulfide) groups is 1. The van der Waals surface area contributed by atoms with Crippen LogP contribution < -0.4 is 10.6 Å². The van der Waals surface area contributed by atoms with Gasteiger partial charge in [0.15, 0.2) is 0 Å². The Balaban J connectivity index is 1.79. The predicted molar refractivity (Wildman–Crippen MR) is 91.3 cm³/mol. The highest BCUT2D eigenvalue weighted by Gasteiger charge is 2.37. The van der Waals surface area contributed by atoms with Gasteiger partial charge in [0.1, 0.15) is 0 Å². The maximum Gasteiger partial charge on any atom is 0.305 e. The van der Waals surface area contributed by atoms with Gasteiger partial charge in [0.2, 0.25) is 5.91 Å². The summed E-state index contributed by atoms with van der Waals surface area (Å²) in [5.41, 5.74) is 0.404. The molecule has 1 aromatic rings. The van der Waals surface area contributed by atoms with E-state index in [4.69, 9.17) is 5.11 Å². The van der Waals surface area contributed by atoms with Crippen LogP contribution in [0.1, 0.15) is 49.4 Å². The summed E-state index contributed by atoms with van der Waals surface area (Å²) in [6, 6.07) is 5.20. The SMILES string of the molecule is CC1Sc2ccc(C(=O)NC3(CC(=O)O)CCCC3)cc2NC1=O. The zero-order chi connectivity index (χ0) is 17.3. The summed E-state index contributed by atoms with van der Waals surface area (Å²) < 4.78 is 0. The minimum atomic E-state index is -0.903. The summed E-state index contributed by atoms with van der Waals surface area (Å²) in [5.74, 6) is -1.28. The summed E-state index contributed by atoms with van der Waals surface area (Å²) in [4.78, 5) is 36.5. The van der Waals surface area contributed by atoms with Crippen molar-refractivity contribution in [1.29, 1.82) is 0 Å². The first-order valence-electron chi connectivity index (χ1n) is 8.04. The topological polar surface area (TPSA) is 95.5 Å². The third-order valence-corrected chi connectivity index (χ3v) is 5.78. The Kier molecular flexibility index (Phi) is 4.54. The quantitative estimate of drug-likeness (QED) is 0.777. The molecule has 1 saturated carbocycles. The molecule has 2 aliphatic rings. The van der Waals surface area contributed by atoms with Crippen LogP contribution in [-0.4, -0.2) is 33.7 Å². The second-order valence-corrected chi connectivity index (χ2v) is 7.85. The van der Waals surface area contributed by atoms with Crippen LogP contribution in [0.3, 0.4) is 0 Å². The van der Waals surface area contributed by atoms with Crippen molar-refractivity contribution < 1.29 is 19.5 Å². The normalized spacial score (nSPS) is 21.7. The van der Waals surface area contributed by atoms with E-state index >= 15 is 0 Å². The lowest BCUT2D eigenvalue weighted by Gasteiger charge is -2.29. The molecular formula is C17H20N2O4S. The van der Waals surface area contributed by atoms with Crippen molar-refractivity contribution in [3.05, 3.63) is 23.8 Å². The maximum absolute atomic E-state index is 12.6. The Morgan fingerprint density at radius 3 is 2.75 bits per heavy atom. The van der Waals surface area contributed by atoms with Gasteiger partial charge in [-0.2, -0.15) is 0 Å². The van der Waals surface area contributed by atoms with E-state index in [0.29, 0.717) is 24.1 Å². The van der Waals surface area contributed by atoms with Crippen molar-refractivity contribution in [2.75, 3.05) is 5.32 Å². The molecule has 128 valence electrons. The molecule has 1 aliphatic carbocycles. The van der Waals surface area contributed by atoms with Crippen molar-refractivity contribution in [1.82, 2.24) is 5.32 Å². The number of carboxylic acids is 1. The van der Waals surface area contributed by atoms with Gasteiger partial charge in [-0.05, 0) is 38.0 Å². The number of carbonyl (C=O) groups excluding carboxylic acids is 2. The molecule has 7 heteroatoms. The molecule has 1 heterocycles. The third kappa shape index (κ3) is 3.40. The molecule has 2 amide bonds. The molecule has 0 radical (unpaired) electrons. The number of fused-ring (bicyclic) bond motifs is 1. The smallest absolute Gasteiger partial charge is 0.305 e. The number of hydrogen-bond acceptors (Lipinski definition) is 4. The first-order chi connectivity index (χ1) is 11.4. The molecule has 3 N–H and O–H groups in total. The summed E-state index contributed by atoms with van der Waals surface area (Å²) in [6.45, 7) is 1.83. The van der Waals surface area contributed by atoms with Crippen LogP contribution in [0.5, 0.6) is 0 Å². The summed E-state index contributed by atoms with van der Waals surface area (Å²) in [6.07, 6.45) is 3.14. The number of anilines is 1. The maximum atomic E-state index is 12.6. The van der Waals surface area contributed by atoms with E-state index < -0.39 is 11.5 Å². The van der Waals surface area contributed by atoms with E-state index in [1.54, 1.807) is 12.1 Å². The van der Waals surface area contributed by atoms with Crippen molar-refractivity contribution >= 4 is 35.2 Å². The fourth-order valence-corrected chi connectivity index (χ4v) is 4.28. The molecule has 0 bridgehead atoms. The van der Waals surface area contributed by atoms with Gasteiger partial charge in [0.05, 0.1) is 22.9 Å². The molecule has 0 saturated heterocycles. The largest absolute Gasteiger partial charge is 0.481 e. The Hall–Kier alpha value is -2.02. The van der Waals surface area contributed by atoms with Crippen molar-refractivity contribution in [3.8, 4) is 0 Å². The first kappa shape index (κ1) is 16.8. The Labute approximate surface area is 144 Å². The van der Waals surface area contributed by atoms with Crippen LogP contribution in [-0.2, 0) is 9.59 Å². The highest BCUT2D eigenvalue weighted by molar-refractivity contribution is 8.00. The van der Waals surface area contributed by atoms with E-state index in [1.807, 2.05) is 13.0 Å². The summed E-state index contributed by atoms with van der Waals surface area (Å²) >= 11 is 1.46. The number of rotatable bonds is 4. The second kappa shape index (κ2) is 6.47. The van der Waals surface area contributed by atoms with E-state index in [2.05, 4.69) is 10.6 Å². The number of benzene rings is 1. The Morgan fingerprint density at radius 1 is 1.38 bits per heavy atom. The minimum Gasteiger partial charge on any atom is -0.481 e. The monoisotopic (exact) mass is 348 g/mol. The first-order valence-corrected chi connectivity index (χ1v) is 8.92. The molecule has 1 fully saturated rings. The second-order valence-electron chi connectivity index (χ2n) is 6.47. The van der Waals surface area contributed by atoms with Crippen LogP contribution in [0.25, 0.3) is 0 Å². The number of amides is 2. The number of carbonyl (C=O) groups is 3. The van der Waals surface area contributed by atoms with Gasteiger partial charge in [-0.3, -0.25) is 14.4 Å². The zero-order valence-electron chi connectivity index (χ0n) is 13.4. The molecule has 0 aromatic heterocycles. The van der Waals surface area contributed by atoms with Crippen LogP contribution in [0.15, 0.2) is 23.1 Å². The Bertz CT molecular complexity index is 698. The van der Waals surface area contributed by atoms with Gasteiger partial charge in [-0.15, -0.1) is 11.8 Å². The number of aliphatic carboxylic acids is 1. The Morgan fingerprint density at radius 2 is 2.08 bits per heavy atom. The van der Waals surface area contributed by atoms with Crippen LogP contribution in [0.4, 0.5) is 5.69 Å². The van der Waals surface area contributed by atoms with E-state index in [1.165, 1.54) is 11.8 Å². The number of hydrogen-bond donors (Lipinski definition) is 3. The minimum absolute atomic E-state index is 0.0617. The average molecular weight is 348 g/mol. The molecule has 24 heavy (non-hydrogen) atoms.